The minimum absolute atomic E-state index is 0. The number of hydrogen-bond acceptors (Lipinski definition) is 8. The second-order valence-corrected chi connectivity index (χ2v) is 7.10. The maximum atomic E-state index is 12.1. The molecular formula is C18H22N4O4S. The minimum atomic E-state index is -0.687. The first-order chi connectivity index (χ1) is 12.8. The highest BCUT2D eigenvalue weighted by Gasteiger charge is 2.25. The fourth-order valence-corrected chi connectivity index (χ4v) is 3.21. The number of rotatable bonds is 6. The van der Waals surface area contributed by atoms with Gasteiger partial charge < -0.3 is 20.6 Å². The van der Waals surface area contributed by atoms with Gasteiger partial charge in [0.25, 0.3) is 16.8 Å². The van der Waals surface area contributed by atoms with Gasteiger partial charge in [0.2, 0.25) is 0 Å². The molecule has 144 valence electrons. The lowest BCUT2D eigenvalue weighted by atomic mass is 10.1. The van der Waals surface area contributed by atoms with Gasteiger partial charge in [-0.3, -0.25) is 14.4 Å². The van der Waals surface area contributed by atoms with E-state index in [4.69, 9.17) is 0 Å². The Kier molecular flexibility index (Phi) is 4.95. The largest absolute Gasteiger partial charge is 0.505 e. The molecule has 0 spiro atoms. The summed E-state index contributed by atoms with van der Waals surface area (Å²) in [6.07, 6.45) is 1.66. The van der Waals surface area contributed by atoms with Gasteiger partial charge in [-0.25, -0.2) is 4.98 Å². The van der Waals surface area contributed by atoms with Gasteiger partial charge in [0, 0.05) is 28.5 Å². The number of para-hydroxylation sites is 1. The molecule has 0 fully saturated rings. The maximum Gasteiger partial charge on any atom is 0.257 e. The van der Waals surface area contributed by atoms with Gasteiger partial charge >= 0.3 is 0 Å². The van der Waals surface area contributed by atoms with E-state index in [0.29, 0.717) is 0 Å². The van der Waals surface area contributed by atoms with E-state index >= 15 is 0 Å². The lowest BCUT2D eigenvalue weighted by Gasteiger charge is -2.19. The van der Waals surface area contributed by atoms with Crippen LogP contribution in [0.2, 0.25) is 0 Å². The Morgan fingerprint density at radius 2 is 1.96 bits per heavy atom. The number of aromatic nitrogens is 1. The molecule has 3 aromatic rings. The van der Waals surface area contributed by atoms with Crippen LogP contribution in [0.15, 0.2) is 39.4 Å². The number of nitrogens with one attached hydrogen (secondary N) is 2. The van der Waals surface area contributed by atoms with Crippen LogP contribution in [0.1, 0.15) is 31.2 Å². The van der Waals surface area contributed by atoms with Crippen molar-refractivity contribution in [1.29, 1.82) is 0 Å². The predicted molar refractivity (Wildman–Crippen MR) is 109 cm³/mol. The summed E-state index contributed by atoms with van der Waals surface area (Å²) in [6.45, 7) is 1.83. The Labute approximate surface area is 161 Å². The molecule has 1 heterocycles. The molecule has 0 saturated heterocycles. The van der Waals surface area contributed by atoms with Crippen molar-refractivity contribution in [2.75, 3.05) is 24.7 Å². The van der Waals surface area contributed by atoms with Crippen LogP contribution in [0.3, 0.4) is 0 Å². The first-order valence-electron chi connectivity index (χ1n) is 8.11. The molecule has 3 rings (SSSR count). The number of benzene rings is 1. The normalized spacial score (nSPS) is 12.0. The smallest absolute Gasteiger partial charge is 0.257 e. The lowest BCUT2D eigenvalue weighted by molar-refractivity contribution is 0.0824. The van der Waals surface area contributed by atoms with Crippen LogP contribution in [-0.4, -0.2) is 35.0 Å². The number of phenolic OH excluding ortho intramolecular Hbond substituents is 1. The van der Waals surface area contributed by atoms with Gasteiger partial charge in [-0.15, -0.1) is 11.3 Å². The summed E-state index contributed by atoms with van der Waals surface area (Å²) in [6, 6.07) is 4.32. The van der Waals surface area contributed by atoms with Gasteiger partial charge in [-0.2, -0.15) is 0 Å². The maximum absolute atomic E-state index is 12.1. The first kappa shape index (κ1) is 18.6. The molecule has 0 aliphatic carbocycles. The van der Waals surface area contributed by atoms with Crippen molar-refractivity contribution in [2.24, 2.45) is 0 Å². The molecule has 9 heteroatoms. The molecule has 2 aromatic carbocycles. The molecule has 8 nitrogen and oxygen atoms in total. The van der Waals surface area contributed by atoms with E-state index < -0.39 is 10.9 Å². The van der Waals surface area contributed by atoms with Crippen LogP contribution in [0.5, 0.6) is 5.75 Å². The summed E-state index contributed by atoms with van der Waals surface area (Å²) in [7, 11) is 3.14. The van der Waals surface area contributed by atoms with Gasteiger partial charge in [0.15, 0.2) is 5.75 Å². The van der Waals surface area contributed by atoms with Crippen LogP contribution in [0, 0.1) is 0 Å². The number of phenols is 1. The third-order valence-electron chi connectivity index (χ3n) is 4.03. The predicted octanol–water partition coefficient (Wildman–Crippen LogP) is 2.56. The second-order valence-electron chi connectivity index (χ2n) is 6.17. The Morgan fingerprint density at radius 1 is 1.26 bits per heavy atom. The molecule has 1 amide bonds. The van der Waals surface area contributed by atoms with E-state index in [0.717, 1.165) is 5.01 Å². The molecule has 3 N–H and O–H groups in total. The molecular weight excluding hydrogens is 368 g/mol. The summed E-state index contributed by atoms with van der Waals surface area (Å²) >= 11 is 1.43. The van der Waals surface area contributed by atoms with Crippen molar-refractivity contribution < 1.29 is 12.8 Å². The number of carbonyl (C=O) groups excluding carboxylic acids is 1. The quantitative estimate of drug-likeness (QED) is 0.438. The highest BCUT2D eigenvalue weighted by molar-refractivity contribution is 7.09. The molecule has 0 radical (unpaired) electrons. The number of amides is 1. The monoisotopic (exact) mass is 390 g/mol. The van der Waals surface area contributed by atoms with Crippen LogP contribution in [0.25, 0.3) is 0 Å². The van der Waals surface area contributed by atoms with Crippen molar-refractivity contribution in [3.05, 3.63) is 60.8 Å². The SMILES string of the molecule is CC(Nc1c(Nc2cccc(C(=O)N(C)C)c2O)c(=O)c1=O)c1nccs1.[HH].[HH]. The first-order valence-corrected chi connectivity index (χ1v) is 8.99. The summed E-state index contributed by atoms with van der Waals surface area (Å²) in [5.74, 6) is -0.667. The molecule has 0 bridgehead atoms. The zero-order valence-electron chi connectivity index (χ0n) is 14.9. The van der Waals surface area contributed by atoms with Crippen molar-refractivity contribution in [2.45, 2.75) is 13.0 Å². The Bertz CT molecular complexity index is 1060. The van der Waals surface area contributed by atoms with Gasteiger partial charge in [0.1, 0.15) is 16.4 Å². The molecule has 0 saturated carbocycles. The zero-order chi connectivity index (χ0) is 19.7. The van der Waals surface area contributed by atoms with Gasteiger partial charge in [-0.1, -0.05) is 6.07 Å². The average molecular weight is 390 g/mol. The summed E-state index contributed by atoms with van der Waals surface area (Å²) in [5, 5.41) is 18.7. The fourth-order valence-electron chi connectivity index (χ4n) is 2.57. The lowest BCUT2D eigenvalue weighted by Crippen LogP contribution is -2.37. The molecule has 0 aliphatic rings. The summed E-state index contributed by atoms with van der Waals surface area (Å²) in [5.41, 5.74) is -0.887. The Balaban J connectivity index is 0.00000210. The van der Waals surface area contributed by atoms with E-state index in [-0.39, 0.29) is 43.2 Å². The van der Waals surface area contributed by atoms with E-state index in [9.17, 15) is 19.5 Å². The minimum Gasteiger partial charge on any atom is -0.505 e. The number of carbonyl (C=O) groups is 1. The van der Waals surface area contributed by atoms with E-state index in [1.165, 1.54) is 28.4 Å². The van der Waals surface area contributed by atoms with Crippen molar-refractivity contribution in [3.63, 3.8) is 0 Å². The third kappa shape index (κ3) is 3.41. The highest BCUT2D eigenvalue weighted by atomic mass is 32.1. The second kappa shape index (κ2) is 7.20. The van der Waals surface area contributed by atoms with Crippen LogP contribution in [-0.2, 0) is 0 Å². The number of aromatic hydroxyl groups is 1. The summed E-state index contributed by atoms with van der Waals surface area (Å²) < 4.78 is 0. The van der Waals surface area contributed by atoms with E-state index in [2.05, 4.69) is 15.6 Å². The zero-order valence-corrected chi connectivity index (χ0v) is 15.8. The topological polar surface area (TPSA) is 112 Å². The van der Waals surface area contributed by atoms with Crippen molar-refractivity contribution >= 4 is 34.3 Å². The Hall–Kier alpha value is -3.20. The van der Waals surface area contributed by atoms with Gasteiger partial charge in [-0.05, 0) is 19.1 Å². The van der Waals surface area contributed by atoms with Crippen LogP contribution in [0.4, 0.5) is 17.1 Å². The Morgan fingerprint density at radius 3 is 2.59 bits per heavy atom. The van der Waals surface area contributed by atoms with E-state index in [1.54, 1.807) is 26.4 Å². The van der Waals surface area contributed by atoms with Crippen LogP contribution < -0.4 is 21.5 Å². The molecule has 1 aromatic heterocycles. The van der Waals surface area contributed by atoms with Crippen LogP contribution >= 0.6 is 11.3 Å². The number of thiazole rings is 1. The fraction of sp³-hybridized carbons (Fsp3) is 0.222. The van der Waals surface area contributed by atoms with Crippen molar-refractivity contribution in [1.82, 2.24) is 9.88 Å². The highest BCUT2D eigenvalue weighted by Crippen LogP contribution is 2.32. The molecule has 1 unspecified atom stereocenters. The van der Waals surface area contributed by atoms with Crippen molar-refractivity contribution in [3.8, 4) is 5.75 Å². The molecule has 27 heavy (non-hydrogen) atoms. The number of hydrogen-bond donors (Lipinski definition) is 3. The summed E-state index contributed by atoms with van der Waals surface area (Å²) in [4.78, 5) is 41.6. The number of nitrogens with zero attached hydrogens (tertiary/aromatic N) is 2. The standard InChI is InChI=1S/C18H18N4O4S.2H2/c1-9(17-19-7-8-27-17)20-12-13(16(25)15(12)24)21-11-6-4-5-10(14(11)23)18(26)22(2)3;;/h4-9,20-21,23H,1-3H3;2*1H. The van der Waals surface area contributed by atoms with E-state index in [1.807, 2.05) is 12.3 Å². The number of anilines is 3. The third-order valence-corrected chi connectivity index (χ3v) is 4.98. The van der Waals surface area contributed by atoms with Gasteiger partial charge in [0.05, 0.1) is 17.3 Å². The average Bonchev–Trinajstić information content (AvgIpc) is 3.19. The molecule has 0 aliphatic heterocycles. The molecule has 1 atom stereocenters.